The second kappa shape index (κ2) is 18.0. The molecule has 6 heteroatoms. The molecule has 0 radical (unpaired) electrons. The average Bonchev–Trinajstić information content (AvgIpc) is 3.93. The van der Waals surface area contributed by atoms with E-state index in [1.54, 1.807) is 0 Å². The molecule has 4 heterocycles. The smallest absolute Gasteiger partial charge is 0.164 e. The Morgan fingerprint density at radius 3 is 1.12 bits per heavy atom. The zero-order valence-electron chi connectivity index (χ0n) is 47.3. The second-order valence-electron chi connectivity index (χ2n) is 26.2. The first-order valence-corrected chi connectivity index (χ1v) is 27.0. The number of rotatable bonds is 6. The largest absolute Gasteiger partial charge is 0.309 e. The summed E-state index contributed by atoms with van der Waals surface area (Å²) in [7, 11) is 0. The molecule has 0 fully saturated rings. The summed E-state index contributed by atoms with van der Waals surface area (Å²) >= 11 is 0. The van der Waals surface area contributed by atoms with Gasteiger partial charge in [0.2, 0.25) is 0 Å². The van der Waals surface area contributed by atoms with Crippen LogP contribution in [0.4, 0.5) is 0 Å². The average molecular weight is 997 g/mol. The van der Waals surface area contributed by atoms with Crippen LogP contribution >= 0.6 is 0 Å². The van der Waals surface area contributed by atoms with Crippen molar-refractivity contribution in [3.63, 3.8) is 0 Å². The first-order chi connectivity index (χ1) is 35.8. The quantitative estimate of drug-likeness (QED) is 0.167. The lowest BCUT2D eigenvalue weighted by molar-refractivity contribution is 0.568. The van der Waals surface area contributed by atoms with Gasteiger partial charge in [-0.15, -0.1) is 0 Å². The van der Waals surface area contributed by atoms with E-state index < -0.39 is 0 Å². The monoisotopic (exact) mass is 997 g/mol. The highest BCUT2D eigenvalue weighted by Crippen LogP contribution is 2.44. The Bertz CT molecular complexity index is 3860. The van der Waals surface area contributed by atoms with Gasteiger partial charge in [-0.3, -0.25) is 4.98 Å². The molecule has 0 aliphatic rings. The van der Waals surface area contributed by atoms with Crippen LogP contribution in [0.25, 0.3) is 100 Å². The molecular weight excluding hydrogens is 925 g/mol. The number of hydrogen-bond acceptors (Lipinski definition) is 4. The Morgan fingerprint density at radius 1 is 0.303 bits per heavy atom. The predicted molar refractivity (Wildman–Crippen MR) is 322 cm³/mol. The predicted octanol–water partition coefficient (Wildman–Crippen LogP) is 18.6. The molecular formula is C70H72N6. The first kappa shape index (κ1) is 50.5. The van der Waals surface area contributed by atoms with Gasteiger partial charge >= 0.3 is 0 Å². The summed E-state index contributed by atoms with van der Waals surface area (Å²) in [6.07, 6.45) is 3.96. The molecule has 0 atom stereocenters. The molecule has 0 amide bonds. The van der Waals surface area contributed by atoms with Crippen molar-refractivity contribution in [3.05, 3.63) is 192 Å². The third-order valence-electron chi connectivity index (χ3n) is 15.4. The number of benzene rings is 7. The normalized spacial score (nSPS) is 12.9. The Morgan fingerprint density at radius 2 is 0.684 bits per heavy atom. The molecule has 382 valence electrons. The first-order valence-electron chi connectivity index (χ1n) is 27.0. The van der Waals surface area contributed by atoms with E-state index in [0.29, 0.717) is 17.5 Å². The summed E-state index contributed by atoms with van der Waals surface area (Å²) in [6.45, 7) is 34.2. The molecule has 0 saturated heterocycles. The molecule has 0 unspecified atom stereocenters. The van der Waals surface area contributed by atoms with Crippen LogP contribution in [-0.2, 0) is 27.1 Å². The van der Waals surface area contributed by atoms with Crippen LogP contribution in [0.3, 0.4) is 0 Å². The number of para-hydroxylation sites is 3. The molecule has 0 spiro atoms. The highest BCUT2D eigenvalue weighted by atomic mass is 15.0. The van der Waals surface area contributed by atoms with Gasteiger partial charge in [0.25, 0.3) is 0 Å². The lowest BCUT2D eigenvalue weighted by Crippen LogP contribution is -2.17. The van der Waals surface area contributed by atoms with E-state index in [-0.39, 0.29) is 27.1 Å². The molecule has 7 aromatic carbocycles. The summed E-state index contributed by atoms with van der Waals surface area (Å²) < 4.78 is 4.85. The van der Waals surface area contributed by atoms with Crippen molar-refractivity contribution in [1.29, 1.82) is 0 Å². The van der Waals surface area contributed by atoms with Crippen LogP contribution in [0.15, 0.2) is 164 Å². The van der Waals surface area contributed by atoms with E-state index in [0.717, 1.165) is 61.3 Å². The van der Waals surface area contributed by atoms with E-state index in [1.165, 1.54) is 49.4 Å². The third kappa shape index (κ3) is 9.10. The maximum atomic E-state index is 5.55. The van der Waals surface area contributed by atoms with Gasteiger partial charge in [0.05, 0.1) is 33.4 Å². The lowest BCUT2D eigenvalue weighted by Gasteiger charge is -2.26. The molecule has 0 N–H and O–H groups in total. The van der Waals surface area contributed by atoms with Crippen molar-refractivity contribution in [1.82, 2.24) is 29.1 Å². The fraction of sp³-hybridized carbons (Fsp3) is 0.286. The fourth-order valence-electron chi connectivity index (χ4n) is 10.8. The molecule has 0 aliphatic heterocycles. The lowest BCUT2D eigenvalue weighted by atomic mass is 9.79. The second-order valence-corrected chi connectivity index (χ2v) is 26.2. The summed E-state index contributed by atoms with van der Waals surface area (Å²) in [5.41, 5.74) is 17.2. The Hall–Kier alpha value is -7.70. The zero-order valence-corrected chi connectivity index (χ0v) is 47.3. The van der Waals surface area contributed by atoms with Crippen LogP contribution in [-0.4, -0.2) is 29.1 Å². The summed E-state index contributed by atoms with van der Waals surface area (Å²) in [6, 6.07) is 56.1. The highest BCUT2D eigenvalue weighted by Gasteiger charge is 2.27. The van der Waals surface area contributed by atoms with E-state index in [9.17, 15) is 0 Å². The Kier molecular flexibility index (Phi) is 11.9. The number of hydrogen-bond donors (Lipinski definition) is 0. The molecule has 11 aromatic rings. The van der Waals surface area contributed by atoms with E-state index in [4.69, 9.17) is 19.9 Å². The molecule has 6 nitrogen and oxygen atoms in total. The van der Waals surface area contributed by atoms with Crippen molar-refractivity contribution in [2.24, 2.45) is 0 Å². The summed E-state index contributed by atoms with van der Waals surface area (Å²) in [5, 5.41) is 4.83. The van der Waals surface area contributed by atoms with Gasteiger partial charge in [-0.25, -0.2) is 15.0 Å². The van der Waals surface area contributed by atoms with Gasteiger partial charge in [0.1, 0.15) is 0 Å². The zero-order chi connectivity index (χ0) is 53.9. The van der Waals surface area contributed by atoms with Gasteiger partial charge < -0.3 is 9.13 Å². The van der Waals surface area contributed by atoms with Gasteiger partial charge in [-0.1, -0.05) is 177 Å². The van der Waals surface area contributed by atoms with Gasteiger partial charge in [0, 0.05) is 61.8 Å². The number of fused-ring (bicyclic) bond motifs is 6. The molecule has 0 bridgehead atoms. The highest BCUT2D eigenvalue weighted by molar-refractivity contribution is 6.11. The fourth-order valence-corrected chi connectivity index (χ4v) is 10.8. The van der Waals surface area contributed by atoms with Crippen molar-refractivity contribution < 1.29 is 0 Å². The van der Waals surface area contributed by atoms with Gasteiger partial charge in [0.15, 0.2) is 17.5 Å². The minimum absolute atomic E-state index is 0.0137. The standard InChI is InChI=1S/C70H72N6/c1-66(2,3)46-29-31-61-55(41-46)53-24-18-21-27-59(53)76(61)62-32-33-71-42-56(62)54-38-43(28-30-60(54)75-57-25-19-16-22-51(57)52-23-17-20-26-58(52)75)63-72-64(44-34-47(67(4,5)6)39-48(35-44)68(7,8)9)74-65(73-63)45-36-49(69(10,11)12)40-50(37-45)70(13,14)15/h16-42H,1-15H3. The number of aromatic nitrogens is 6. The van der Waals surface area contributed by atoms with Crippen molar-refractivity contribution in [2.75, 3.05) is 0 Å². The van der Waals surface area contributed by atoms with E-state index in [1.807, 2.05) is 12.4 Å². The topological polar surface area (TPSA) is 61.4 Å². The van der Waals surface area contributed by atoms with Gasteiger partial charge in [-0.05, 0) is 134 Å². The van der Waals surface area contributed by atoms with Crippen LogP contribution in [0, 0.1) is 0 Å². The minimum atomic E-state index is -0.110. The molecule has 0 saturated carbocycles. The Labute approximate surface area is 450 Å². The molecule has 4 aromatic heterocycles. The van der Waals surface area contributed by atoms with Crippen LogP contribution in [0.2, 0.25) is 0 Å². The third-order valence-corrected chi connectivity index (χ3v) is 15.4. The van der Waals surface area contributed by atoms with Crippen molar-refractivity contribution >= 4 is 43.6 Å². The van der Waals surface area contributed by atoms with Gasteiger partial charge in [-0.2, -0.15) is 0 Å². The molecule has 76 heavy (non-hydrogen) atoms. The minimum Gasteiger partial charge on any atom is -0.309 e. The van der Waals surface area contributed by atoms with Crippen molar-refractivity contribution in [3.8, 4) is 56.7 Å². The van der Waals surface area contributed by atoms with E-state index in [2.05, 4.69) is 265 Å². The van der Waals surface area contributed by atoms with Crippen LogP contribution < -0.4 is 0 Å². The summed E-state index contributed by atoms with van der Waals surface area (Å²) in [4.78, 5) is 21.5. The van der Waals surface area contributed by atoms with Crippen LogP contribution in [0.1, 0.15) is 132 Å². The molecule has 0 aliphatic carbocycles. The Balaban J connectivity index is 1.23. The SMILES string of the molecule is CC(C)(C)c1cc(-c2nc(-c3cc(C(C)(C)C)cc(C(C)(C)C)c3)nc(-c3ccc(-n4c5ccccc5c5ccccc54)c(-c4cnccc4-n4c5ccccc5c5cc(C(C)(C)C)ccc54)c3)n2)cc(C(C)(C)C)c1. The number of nitrogens with zero attached hydrogens (tertiary/aromatic N) is 6. The maximum absolute atomic E-state index is 5.55. The molecule has 11 rings (SSSR count). The van der Waals surface area contributed by atoms with E-state index >= 15 is 0 Å². The van der Waals surface area contributed by atoms with Crippen LogP contribution in [0.5, 0.6) is 0 Å². The number of pyridine rings is 1. The van der Waals surface area contributed by atoms with Crippen molar-refractivity contribution in [2.45, 2.75) is 131 Å². The summed E-state index contributed by atoms with van der Waals surface area (Å²) in [5.74, 6) is 1.89. The maximum Gasteiger partial charge on any atom is 0.164 e.